The summed E-state index contributed by atoms with van der Waals surface area (Å²) in [4.78, 5) is 11.6. The maximum atomic E-state index is 12.4. The minimum atomic E-state index is -4.38. The fraction of sp³-hybridized carbons (Fsp3) is 0.182. The SMILES string of the molecule is Cc1cc(Sc2ccc(C(F)(F)F)cn2)nc(Cl)n1. The van der Waals surface area contributed by atoms with Crippen LogP contribution in [0.4, 0.5) is 13.2 Å². The van der Waals surface area contributed by atoms with E-state index in [1.165, 1.54) is 6.07 Å². The van der Waals surface area contributed by atoms with Crippen LogP contribution in [0.1, 0.15) is 11.3 Å². The maximum absolute atomic E-state index is 12.4. The van der Waals surface area contributed by atoms with Gasteiger partial charge in [-0.05, 0) is 48.5 Å². The molecule has 0 unspecified atom stereocenters. The highest BCUT2D eigenvalue weighted by molar-refractivity contribution is 7.99. The van der Waals surface area contributed by atoms with E-state index in [2.05, 4.69) is 15.0 Å². The van der Waals surface area contributed by atoms with Crippen molar-refractivity contribution in [3.05, 3.63) is 40.9 Å². The highest BCUT2D eigenvalue weighted by Crippen LogP contribution is 2.31. The number of alkyl halides is 3. The summed E-state index contributed by atoms with van der Waals surface area (Å²) in [6.45, 7) is 1.75. The van der Waals surface area contributed by atoms with Crippen molar-refractivity contribution in [3.8, 4) is 0 Å². The van der Waals surface area contributed by atoms with Crippen molar-refractivity contribution >= 4 is 23.4 Å². The van der Waals surface area contributed by atoms with Crippen molar-refractivity contribution in [3.63, 3.8) is 0 Å². The van der Waals surface area contributed by atoms with Gasteiger partial charge in [0.1, 0.15) is 10.1 Å². The Morgan fingerprint density at radius 2 is 1.89 bits per heavy atom. The lowest BCUT2D eigenvalue weighted by atomic mass is 10.3. The van der Waals surface area contributed by atoms with Crippen LogP contribution >= 0.6 is 23.4 Å². The molecule has 0 aromatic carbocycles. The molecule has 2 aromatic heterocycles. The van der Waals surface area contributed by atoms with Crippen LogP contribution in [0.5, 0.6) is 0 Å². The first-order chi connectivity index (χ1) is 8.84. The van der Waals surface area contributed by atoms with E-state index >= 15 is 0 Å². The third-order valence-corrected chi connectivity index (χ3v) is 3.11. The van der Waals surface area contributed by atoms with E-state index in [-0.39, 0.29) is 5.28 Å². The van der Waals surface area contributed by atoms with Gasteiger partial charge < -0.3 is 0 Å². The quantitative estimate of drug-likeness (QED) is 0.621. The number of nitrogens with zero attached hydrogens (tertiary/aromatic N) is 3. The number of rotatable bonds is 2. The van der Waals surface area contributed by atoms with E-state index in [9.17, 15) is 13.2 Å². The number of pyridine rings is 1. The lowest BCUT2D eigenvalue weighted by Crippen LogP contribution is -2.05. The number of aryl methyl sites for hydroxylation is 1. The van der Waals surface area contributed by atoms with Gasteiger partial charge in [0.15, 0.2) is 0 Å². The van der Waals surface area contributed by atoms with Gasteiger partial charge in [-0.15, -0.1) is 0 Å². The lowest BCUT2D eigenvalue weighted by molar-refractivity contribution is -0.137. The Hall–Kier alpha value is -1.34. The molecule has 0 radical (unpaired) electrons. The lowest BCUT2D eigenvalue weighted by Gasteiger charge is -2.06. The Morgan fingerprint density at radius 3 is 2.42 bits per heavy atom. The normalized spacial score (nSPS) is 11.6. The first kappa shape index (κ1) is 14.1. The largest absolute Gasteiger partial charge is 0.417 e. The zero-order chi connectivity index (χ0) is 14.0. The number of aromatic nitrogens is 3. The minimum Gasteiger partial charge on any atom is -0.249 e. The number of hydrogen-bond acceptors (Lipinski definition) is 4. The first-order valence-corrected chi connectivity index (χ1v) is 6.26. The Labute approximate surface area is 116 Å². The molecule has 0 aliphatic heterocycles. The molecule has 3 nitrogen and oxygen atoms in total. The molecule has 0 saturated heterocycles. The Morgan fingerprint density at radius 1 is 1.16 bits per heavy atom. The highest BCUT2D eigenvalue weighted by Gasteiger charge is 2.30. The molecule has 0 aliphatic carbocycles. The predicted molar refractivity (Wildman–Crippen MR) is 65.1 cm³/mol. The van der Waals surface area contributed by atoms with Gasteiger partial charge in [0, 0.05) is 11.9 Å². The van der Waals surface area contributed by atoms with Crippen LogP contribution in [-0.4, -0.2) is 15.0 Å². The molecular formula is C11H7ClF3N3S. The number of hydrogen-bond donors (Lipinski definition) is 0. The van der Waals surface area contributed by atoms with Gasteiger partial charge >= 0.3 is 6.18 Å². The molecule has 0 bridgehead atoms. The van der Waals surface area contributed by atoms with E-state index in [0.29, 0.717) is 15.7 Å². The molecule has 0 amide bonds. The van der Waals surface area contributed by atoms with Crippen LogP contribution in [0.25, 0.3) is 0 Å². The van der Waals surface area contributed by atoms with Crippen molar-refractivity contribution in [2.24, 2.45) is 0 Å². The smallest absolute Gasteiger partial charge is 0.249 e. The van der Waals surface area contributed by atoms with Gasteiger partial charge in [0.05, 0.1) is 5.56 Å². The topological polar surface area (TPSA) is 38.7 Å². The van der Waals surface area contributed by atoms with Crippen LogP contribution in [0, 0.1) is 6.92 Å². The molecule has 100 valence electrons. The second-order valence-corrected chi connectivity index (χ2v) is 4.98. The van der Waals surface area contributed by atoms with Gasteiger partial charge in [-0.2, -0.15) is 13.2 Å². The Balaban J connectivity index is 2.20. The van der Waals surface area contributed by atoms with Gasteiger partial charge in [-0.3, -0.25) is 0 Å². The predicted octanol–water partition coefficient (Wildman–Crippen LogP) is 4.00. The van der Waals surface area contributed by atoms with Crippen LogP contribution in [0.2, 0.25) is 5.28 Å². The van der Waals surface area contributed by atoms with Crippen molar-refractivity contribution in [1.29, 1.82) is 0 Å². The van der Waals surface area contributed by atoms with E-state index in [1.54, 1.807) is 13.0 Å². The molecule has 0 saturated carbocycles. The summed E-state index contributed by atoms with van der Waals surface area (Å²) >= 11 is 6.82. The molecule has 0 spiro atoms. The molecule has 2 heterocycles. The van der Waals surface area contributed by atoms with E-state index in [4.69, 9.17) is 11.6 Å². The van der Waals surface area contributed by atoms with Gasteiger partial charge in [0.25, 0.3) is 0 Å². The summed E-state index contributed by atoms with van der Waals surface area (Å²) in [5.41, 5.74) is -0.108. The van der Waals surface area contributed by atoms with Gasteiger partial charge in [-0.25, -0.2) is 15.0 Å². The van der Waals surface area contributed by atoms with E-state index in [1.807, 2.05) is 0 Å². The van der Waals surface area contributed by atoms with Crippen LogP contribution < -0.4 is 0 Å². The van der Waals surface area contributed by atoms with Crippen LogP contribution in [0.15, 0.2) is 34.4 Å². The molecule has 0 atom stereocenters. The van der Waals surface area contributed by atoms with Crippen molar-refractivity contribution in [2.45, 2.75) is 23.2 Å². The summed E-state index contributed by atoms with van der Waals surface area (Å²) in [5.74, 6) is 0. The average Bonchev–Trinajstić information content (AvgIpc) is 2.26. The molecular weight excluding hydrogens is 299 g/mol. The fourth-order valence-electron chi connectivity index (χ4n) is 1.27. The molecule has 8 heteroatoms. The average molecular weight is 306 g/mol. The van der Waals surface area contributed by atoms with E-state index in [0.717, 1.165) is 24.0 Å². The monoisotopic (exact) mass is 305 g/mol. The van der Waals surface area contributed by atoms with E-state index < -0.39 is 11.7 Å². The molecule has 2 aromatic rings. The maximum Gasteiger partial charge on any atom is 0.417 e. The van der Waals surface area contributed by atoms with Gasteiger partial charge in [0.2, 0.25) is 5.28 Å². The van der Waals surface area contributed by atoms with Crippen molar-refractivity contribution in [1.82, 2.24) is 15.0 Å². The fourth-order valence-corrected chi connectivity index (χ4v) is 2.36. The third kappa shape index (κ3) is 3.81. The molecule has 2 rings (SSSR count). The Kier molecular flexibility index (Phi) is 3.96. The molecule has 19 heavy (non-hydrogen) atoms. The summed E-state index contributed by atoms with van der Waals surface area (Å²) in [5, 5.41) is 1.03. The molecule has 0 fully saturated rings. The second-order valence-electron chi connectivity index (χ2n) is 3.60. The Bertz CT molecular complexity index is 566. The standard InChI is InChI=1S/C11H7ClF3N3S/c1-6-4-9(18-10(12)17-6)19-8-3-2-7(5-16-8)11(13,14)15/h2-5H,1H3. The van der Waals surface area contributed by atoms with Crippen molar-refractivity contribution < 1.29 is 13.2 Å². The summed E-state index contributed by atoms with van der Waals surface area (Å²) in [7, 11) is 0. The van der Waals surface area contributed by atoms with Crippen LogP contribution in [0.3, 0.4) is 0 Å². The molecule has 0 aliphatic rings. The first-order valence-electron chi connectivity index (χ1n) is 5.07. The molecule has 0 N–H and O–H groups in total. The minimum absolute atomic E-state index is 0.0920. The summed E-state index contributed by atoms with van der Waals surface area (Å²) < 4.78 is 37.1. The van der Waals surface area contributed by atoms with Crippen molar-refractivity contribution in [2.75, 3.05) is 0 Å². The summed E-state index contributed by atoms with van der Waals surface area (Å²) in [6, 6.07) is 3.94. The second kappa shape index (κ2) is 5.34. The van der Waals surface area contributed by atoms with Gasteiger partial charge in [-0.1, -0.05) is 0 Å². The zero-order valence-electron chi connectivity index (χ0n) is 9.57. The van der Waals surface area contributed by atoms with Crippen LogP contribution in [-0.2, 0) is 6.18 Å². The third-order valence-electron chi connectivity index (χ3n) is 2.08. The highest BCUT2D eigenvalue weighted by atomic mass is 35.5. The number of halogens is 4. The zero-order valence-corrected chi connectivity index (χ0v) is 11.1. The summed E-state index contributed by atoms with van der Waals surface area (Å²) in [6.07, 6.45) is -3.59.